The van der Waals surface area contributed by atoms with Crippen molar-refractivity contribution in [2.75, 3.05) is 6.61 Å². The number of nitrogens with zero attached hydrogens (tertiary/aromatic N) is 2. The first kappa shape index (κ1) is 19.0. The van der Waals surface area contributed by atoms with Crippen LogP contribution in [-0.4, -0.2) is 19.2 Å². The Morgan fingerprint density at radius 1 is 1.35 bits per heavy atom. The number of hydrogen-bond acceptors (Lipinski definition) is 2. The molecule has 128 valence electrons. The van der Waals surface area contributed by atoms with Gasteiger partial charge in [-0.15, -0.1) is 0 Å². The number of fused-ring (bicyclic) bond motifs is 1. The molecule has 0 amide bonds. The van der Waals surface area contributed by atoms with Crippen LogP contribution >= 0.6 is 27.5 Å². The third-order valence-electron chi connectivity index (χ3n) is 3.90. The lowest BCUT2D eigenvalue weighted by Crippen LogP contribution is -2.31. The molecule has 0 N–H and O–H groups in total. The van der Waals surface area contributed by atoms with E-state index in [9.17, 15) is 0 Å². The Hall–Kier alpha value is -0.363. The summed E-state index contributed by atoms with van der Waals surface area (Å²) in [5, 5.41) is 1.90. The SMILES string of the molecule is C/C1=C/N=c2/c(cc(Br)n2COCC[Si](C)(C)C)=C(/Cl)CCC1. The molecule has 0 spiro atoms. The Labute approximate surface area is 153 Å². The van der Waals surface area contributed by atoms with Crippen LogP contribution in [-0.2, 0) is 11.5 Å². The lowest BCUT2D eigenvalue weighted by molar-refractivity contribution is 0.0834. The van der Waals surface area contributed by atoms with Gasteiger partial charge in [-0.05, 0) is 54.2 Å². The second-order valence-electron chi connectivity index (χ2n) is 7.34. The number of allylic oxidation sites excluding steroid dienone is 1. The summed E-state index contributed by atoms with van der Waals surface area (Å²) in [5.41, 5.74) is 2.17. The van der Waals surface area contributed by atoms with Gasteiger partial charge in [0.1, 0.15) is 12.2 Å². The van der Waals surface area contributed by atoms with Crippen molar-refractivity contribution < 1.29 is 4.74 Å². The minimum absolute atomic E-state index is 0.501. The van der Waals surface area contributed by atoms with E-state index in [4.69, 9.17) is 16.3 Å². The normalized spacial score (nSPS) is 22.2. The van der Waals surface area contributed by atoms with E-state index in [1.807, 2.05) is 6.20 Å². The van der Waals surface area contributed by atoms with Crippen LogP contribution in [0.3, 0.4) is 0 Å². The van der Waals surface area contributed by atoms with E-state index in [1.165, 1.54) is 5.57 Å². The van der Waals surface area contributed by atoms with Crippen molar-refractivity contribution >= 4 is 40.6 Å². The van der Waals surface area contributed by atoms with Crippen LogP contribution in [0.2, 0.25) is 25.7 Å². The summed E-state index contributed by atoms with van der Waals surface area (Å²) in [5.74, 6) is 0. The summed E-state index contributed by atoms with van der Waals surface area (Å²) in [6.45, 7) is 10.5. The summed E-state index contributed by atoms with van der Waals surface area (Å²) >= 11 is 10.1. The van der Waals surface area contributed by atoms with E-state index >= 15 is 0 Å². The quantitative estimate of drug-likeness (QED) is 0.507. The first-order chi connectivity index (χ1) is 10.8. The first-order valence-electron chi connectivity index (χ1n) is 8.13. The first-order valence-corrected chi connectivity index (χ1v) is 13.0. The second kappa shape index (κ2) is 8.14. The highest BCUT2D eigenvalue weighted by Gasteiger charge is 2.13. The fourth-order valence-electron chi connectivity index (χ4n) is 2.40. The van der Waals surface area contributed by atoms with Gasteiger partial charge in [-0.25, -0.2) is 4.99 Å². The second-order valence-corrected chi connectivity index (χ2v) is 14.2. The van der Waals surface area contributed by atoms with E-state index in [1.54, 1.807) is 0 Å². The van der Waals surface area contributed by atoms with E-state index in [0.717, 1.165) is 52.3 Å². The molecule has 0 saturated carbocycles. The Morgan fingerprint density at radius 2 is 2.09 bits per heavy atom. The van der Waals surface area contributed by atoms with Gasteiger partial charge in [0.15, 0.2) is 0 Å². The van der Waals surface area contributed by atoms with Gasteiger partial charge in [-0.1, -0.05) is 36.8 Å². The van der Waals surface area contributed by atoms with Gasteiger partial charge in [0.05, 0.1) is 4.60 Å². The van der Waals surface area contributed by atoms with Crippen LogP contribution in [0.4, 0.5) is 0 Å². The molecule has 3 nitrogen and oxygen atoms in total. The number of rotatable bonds is 5. The molecule has 2 heterocycles. The smallest absolute Gasteiger partial charge is 0.143 e. The fraction of sp³-hybridized carbons (Fsp3) is 0.588. The van der Waals surface area contributed by atoms with Crippen molar-refractivity contribution in [2.24, 2.45) is 4.99 Å². The van der Waals surface area contributed by atoms with Crippen LogP contribution in [0.25, 0.3) is 5.03 Å². The fourth-order valence-corrected chi connectivity index (χ4v) is 3.93. The van der Waals surface area contributed by atoms with Gasteiger partial charge < -0.3 is 4.74 Å². The van der Waals surface area contributed by atoms with Crippen LogP contribution in [0, 0.1) is 0 Å². The van der Waals surface area contributed by atoms with Crippen molar-refractivity contribution in [1.29, 1.82) is 0 Å². The van der Waals surface area contributed by atoms with Gasteiger partial charge in [-0.2, -0.15) is 0 Å². The molecule has 0 unspecified atom stereocenters. The van der Waals surface area contributed by atoms with Crippen LogP contribution in [0.15, 0.2) is 27.4 Å². The summed E-state index contributed by atoms with van der Waals surface area (Å²) in [7, 11) is -1.07. The zero-order valence-corrected chi connectivity index (χ0v) is 17.8. The molecular weight excluding hydrogens is 392 g/mol. The van der Waals surface area contributed by atoms with Crippen molar-refractivity contribution in [3.8, 4) is 0 Å². The Bertz CT molecular complexity index is 703. The predicted molar refractivity (Wildman–Crippen MR) is 104 cm³/mol. The minimum Gasteiger partial charge on any atom is -0.361 e. The third-order valence-corrected chi connectivity index (χ3v) is 6.66. The average molecular weight is 418 g/mol. The zero-order valence-electron chi connectivity index (χ0n) is 14.5. The number of halogens is 2. The summed E-state index contributed by atoms with van der Waals surface area (Å²) in [6.07, 6.45) is 4.95. The van der Waals surface area contributed by atoms with Gasteiger partial charge in [0.25, 0.3) is 0 Å². The Balaban J connectivity index is 2.29. The largest absolute Gasteiger partial charge is 0.361 e. The van der Waals surface area contributed by atoms with Crippen LogP contribution < -0.4 is 10.7 Å². The van der Waals surface area contributed by atoms with Crippen molar-refractivity contribution in [1.82, 2.24) is 4.57 Å². The monoisotopic (exact) mass is 416 g/mol. The van der Waals surface area contributed by atoms with Crippen molar-refractivity contribution in [3.05, 3.63) is 33.1 Å². The minimum atomic E-state index is -1.07. The zero-order chi connectivity index (χ0) is 17.0. The highest BCUT2D eigenvalue weighted by Crippen LogP contribution is 2.17. The molecule has 0 atom stereocenters. The molecule has 2 rings (SSSR count). The van der Waals surface area contributed by atoms with E-state index in [-0.39, 0.29) is 0 Å². The highest BCUT2D eigenvalue weighted by molar-refractivity contribution is 9.10. The summed E-state index contributed by atoms with van der Waals surface area (Å²) in [6, 6.07) is 3.22. The maximum Gasteiger partial charge on any atom is 0.143 e. The van der Waals surface area contributed by atoms with Crippen molar-refractivity contribution in [2.45, 2.75) is 58.6 Å². The highest BCUT2D eigenvalue weighted by atomic mass is 79.9. The van der Waals surface area contributed by atoms with Gasteiger partial charge in [0.2, 0.25) is 0 Å². The molecular formula is C17H26BrClN2OSi. The summed E-state index contributed by atoms with van der Waals surface area (Å²) < 4.78 is 8.92. The van der Waals surface area contributed by atoms with Gasteiger partial charge >= 0.3 is 0 Å². The molecule has 0 aromatic carbocycles. The molecule has 6 heteroatoms. The third kappa shape index (κ3) is 5.59. The van der Waals surface area contributed by atoms with Crippen LogP contribution in [0.5, 0.6) is 0 Å². The average Bonchev–Trinajstić information content (AvgIpc) is 2.78. The van der Waals surface area contributed by atoms with Gasteiger partial charge in [0, 0.05) is 31.1 Å². The lowest BCUT2D eigenvalue weighted by atomic mass is 10.1. The van der Waals surface area contributed by atoms with Crippen LogP contribution in [0.1, 0.15) is 26.2 Å². The van der Waals surface area contributed by atoms with Gasteiger partial charge in [-0.3, -0.25) is 4.57 Å². The lowest BCUT2D eigenvalue weighted by Gasteiger charge is -2.15. The number of aromatic nitrogens is 1. The molecule has 23 heavy (non-hydrogen) atoms. The van der Waals surface area contributed by atoms with E-state index in [0.29, 0.717) is 6.73 Å². The topological polar surface area (TPSA) is 26.5 Å². The molecule has 0 bridgehead atoms. The molecule has 1 aliphatic rings. The van der Waals surface area contributed by atoms with E-state index in [2.05, 4.69) is 58.1 Å². The molecule has 1 aliphatic heterocycles. The van der Waals surface area contributed by atoms with E-state index < -0.39 is 8.07 Å². The molecule has 0 aliphatic carbocycles. The number of ether oxygens (including phenoxy) is 1. The molecule has 1 aromatic rings. The predicted octanol–water partition coefficient (Wildman–Crippen LogP) is 4.62. The standard InChI is InChI=1S/C17H26BrClN2OSi/c1-13-6-5-7-15(19)14-10-16(18)21(17(14)20-11-13)12-22-8-9-23(2,3)4/h10-11H,5-9,12H2,1-4H3/b13-11-,15-14+,20-17-. The number of hydrogen-bond donors (Lipinski definition) is 0. The maximum absolute atomic E-state index is 6.51. The Morgan fingerprint density at radius 3 is 2.78 bits per heavy atom. The van der Waals surface area contributed by atoms with Crippen molar-refractivity contribution in [3.63, 3.8) is 0 Å². The molecule has 0 saturated heterocycles. The molecule has 0 fully saturated rings. The summed E-state index contributed by atoms with van der Waals surface area (Å²) in [4.78, 5) is 4.68. The molecule has 0 radical (unpaired) electrons. The Kier molecular flexibility index (Phi) is 6.72. The maximum atomic E-state index is 6.51. The molecule has 1 aromatic heterocycles.